The molecule has 0 unspecified atom stereocenters. The largest absolute Gasteiger partial charge is 0.493 e. The van der Waals surface area contributed by atoms with Crippen molar-refractivity contribution in [3.8, 4) is 22.8 Å². The quantitative estimate of drug-likeness (QED) is 0.864. The summed E-state index contributed by atoms with van der Waals surface area (Å²) in [5, 5.41) is 4.07. The monoisotopic (exact) mass is 272 g/mol. The van der Waals surface area contributed by atoms with Crippen LogP contribution >= 0.6 is 0 Å². The van der Waals surface area contributed by atoms with Gasteiger partial charge in [0.05, 0.1) is 18.8 Å². The van der Waals surface area contributed by atoms with Crippen LogP contribution in [-0.2, 0) is 12.8 Å². The van der Waals surface area contributed by atoms with Crippen LogP contribution in [0.5, 0.6) is 11.5 Å². The topological polar surface area (TPSA) is 70.5 Å². The van der Waals surface area contributed by atoms with E-state index in [1.165, 1.54) is 5.56 Å². The second-order valence-electron chi connectivity index (χ2n) is 5.24. The van der Waals surface area contributed by atoms with Gasteiger partial charge in [-0.15, -0.1) is 0 Å². The van der Waals surface area contributed by atoms with E-state index in [0.29, 0.717) is 5.88 Å². The van der Waals surface area contributed by atoms with Gasteiger partial charge in [0.2, 0.25) is 5.88 Å². The predicted octanol–water partition coefficient (Wildman–Crippen LogP) is 2.57. The Morgan fingerprint density at radius 2 is 1.90 bits per heavy atom. The molecule has 0 fully saturated rings. The molecule has 0 bridgehead atoms. The highest BCUT2D eigenvalue weighted by Gasteiger charge is 2.26. The van der Waals surface area contributed by atoms with Gasteiger partial charge in [-0.3, -0.25) is 0 Å². The van der Waals surface area contributed by atoms with Crippen LogP contribution in [-0.4, -0.2) is 18.4 Å². The number of nitrogen functional groups attached to an aromatic ring is 1. The standard InChI is InChI=1S/C15H16N2O3/c16-13-8-11(17-20-13)14-10-4-2-5-18-12(10)7-9-3-1-6-19-15(9)14/h7-8H,1-6,16H2. The summed E-state index contributed by atoms with van der Waals surface area (Å²) in [6, 6.07) is 3.87. The molecule has 1 aromatic carbocycles. The van der Waals surface area contributed by atoms with Gasteiger partial charge in [0, 0.05) is 11.6 Å². The number of benzene rings is 1. The van der Waals surface area contributed by atoms with E-state index >= 15 is 0 Å². The van der Waals surface area contributed by atoms with Gasteiger partial charge in [-0.1, -0.05) is 5.16 Å². The molecule has 0 saturated carbocycles. The van der Waals surface area contributed by atoms with Gasteiger partial charge in [-0.2, -0.15) is 0 Å². The summed E-state index contributed by atoms with van der Waals surface area (Å²) in [6.07, 6.45) is 4.01. The molecule has 5 nitrogen and oxygen atoms in total. The van der Waals surface area contributed by atoms with Crippen LogP contribution < -0.4 is 15.2 Å². The lowest BCUT2D eigenvalue weighted by Crippen LogP contribution is -2.15. The maximum Gasteiger partial charge on any atom is 0.222 e. The number of ether oxygens (including phenoxy) is 2. The molecule has 0 saturated heterocycles. The summed E-state index contributed by atoms with van der Waals surface area (Å²) in [7, 11) is 0. The van der Waals surface area contributed by atoms with Gasteiger partial charge in [0.15, 0.2) is 0 Å². The van der Waals surface area contributed by atoms with Crippen molar-refractivity contribution in [3.63, 3.8) is 0 Å². The first-order valence-corrected chi connectivity index (χ1v) is 7.00. The Morgan fingerprint density at radius 3 is 2.75 bits per heavy atom. The molecule has 0 amide bonds. The van der Waals surface area contributed by atoms with E-state index in [-0.39, 0.29) is 0 Å². The number of anilines is 1. The number of hydrogen-bond acceptors (Lipinski definition) is 5. The first kappa shape index (κ1) is 11.6. The number of rotatable bonds is 1. The van der Waals surface area contributed by atoms with Crippen LogP contribution in [0.2, 0.25) is 0 Å². The van der Waals surface area contributed by atoms with Crippen LogP contribution in [0.3, 0.4) is 0 Å². The second-order valence-corrected chi connectivity index (χ2v) is 5.24. The lowest BCUT2D eigenvalue weighted by atomic mass is 9.91. The third kappa shape index (κ3) is 1.73. The van der Waals surface area contributed by atoms with Gasteiger partial charge < -0.3 is 19.7 Å². The highest BCUT2D eigenvalue weighted by atomic mass is 16.5. The Labute approximate surface area is 116 Å². The smallest absolute Gasteiger partial charge is 0.222 e. The number of nitrogens with zero attached hydrogens (tertiary/aromatic N) is 1. The lowest BCUT2D eigenvalue weighted by molar-refractivity contribution is 0.274. The van der Waals surface area contributed by atoms with E-state index in [0.717, 1.165) is 67.2 Å². The van der Waals surface area contributed by atoms with Crippen LogP contribution in [0.1, 0.15) is 24.0 Å². The van der Waals surface area contributed by atoms with E-state index in [9.17, 15) is 0 Å². The fourth-order valence-corrected chi connectivity index (χ4v) is 3.01. The SMILES string of the molecule is Nc1cc(-c2c3c(cc4c2OCCC4)OCCC3)no1. The highest BCUT2D eigenvalue weighted by molar-refractivity contribution is 5.77. The van der Waals surface area contributed by atoms with Crippen LogP contribution in [0, 0.1) is 0 Å². The zero-order valence-corrected chi connectivity index (χ0v) is 11.1. The minimum atomic E-state index is 0.318. The third-order valence-corrected chi connectivity index (χ3v) is 3.87. The molecule has 2 aliphatic heterocycles. The average Bonchev–Trinajstić information content (AvgIpc) is 2.91. The zero-order chi connectivity index (χ0) is 13.5. The molecule has 2 N–H and O–H groups in total. The summed E-state index contributed by atoms with van der Waals surface area (Å²) < 4.78 is 16.8. The van der Waals surface area contributed by atoms with E-state index in [1.807, 2.05) is 0 Å². The van der Waals surface area contributed by atoms with E-state index < -0.39 is 0 Å². The minimum Gasteiger partial charge on any atom is -0.493 e. The van der Waals surface area contributed by atoms with Gasteiger partial charge in [0.1, 0.15) is 17.2 Å². The molecule has 0 atom stereocenters. The number of hydrogen-bond donors (Lipinski definition) is 1. The molecule has 0 aliphatic carbocycles. The zero-order valence-electron chi connectivity index (χ0n) is 11.1. The van der Waals surface area contributed by atoms with Crippen molar-refractivity contribution in [1.82, 2.24) is 5.16 Å². The third-order valence-electron chi connectivity index (χ3n) is 3.87. The van der Waals surface area contributed by atoms with Crippen molar-refractivity contribution in [2.24, 2.45) is 0 Å². The molecule has 20 heavy (non-hydrogen) atoms. The average molecular weight is 272 g/mol. The molecular formula is C15H16N2O3. The normalized spacial score (nSPS) is 16.8. The highest BCUT2D eigenvalue weighted by Crippen LogP contribution is 2.45. The molecule has 2 aliphatic rings. The Hall–Kier alpha value is -2.17. The lowest BCUT2D eigenvalue weighted by Gasteiger charge is -2.26. The Balaban J connectivity index is 1.98. The van der Waals surface area contributed by atoms with Crippen molar-refractivity contribution in [2.75, 3.05) is 18.9 Å². The van der Waals surface area contributed by atoms with E-state index in [4.69, 9.17) is 19.7 Å². The van der Waals surface area contributed by atoms with Crippen molar-refractivity contribution in [2.45, 2.75) is 25.7 Å². The fourth-order valence-electron chi connectivity index (χ4n) is 3.01. The summed E-state index contributed by atoms with van der Waals surface area (Å²) in [4.78, 5) is 0. The predicted molar refractivity (Wildman–Crippen MR) is 74.0 cm³/mol. The maximum atomic E-state index is 5.91. The molecule has 3 heterocycles. The molecule has 0 radical (unpaired) electrons. The second kappa shape index (κ2) is 4.44. The summed E-state index contributed by atoms with van der Waals surface area (Å²) >= 11 is 0. The van der Waals surface area contributed by atoms with Crippen molar-refractivity contribution < 1.29 is 14.0 Å². The molecule has 0 spiro atoms. The van der Waals surface area contributed by atoms with Gasteiger partial charge in [0.25, 0.3) is 0 Å². The van der Waals surface area contributed by atoms with Crippen molar-refractivity contribution >= 4 is 5.88 Å². The number of fused-ring (bicyclic) bond motifs is 2. The summed E-state index contributed by atoms with van der Waals surface area (Å²) in [5.74, 6) is 2.20. The van der Waals surface area contributed by atoms with Gasteiger partial charge >= 0.3 is 0 Å². The molecular weight excluding hydrogens is 256 g/mol. The molecule has 4 rings (SSSR count). The van der Waals surface area contributed by atoms with E-state index in [2.05, 4.69) is 11.2 Å². The first-order chi connectivity index (χ1) is 9.83. The number of aryl methyl sites for hydroxylation is 1. The Bertz CT molecular complexity index is 629. The van der Waals surface area contributed by atoms with Gasteiger partial charge in [-0.05, 0) is 37.3 Å². The van der Waals surface area contributed by atoms with E-state index in [1.54, 1.807) is 6.07 Å². The molecule has 5 heteroatoms. The summed E-state index contributed by atoms with van der Waals surface area (Å²) in [5.41, 5.74) is 9.75. The first-order valence-electron chi connectivity index (χ1n) is 7.00. The molecule has 2 aromatic rings. The summed E-state index contributed by atoms with van der Waals surface area (Å²) in [6.45, 7) is 1.51. The van der Waals surface area contributed by atoms with Gasteiger partial charge in [-0.25, -0.2) is 0 Å². The minimum absolute atomic E-state index is 0.318. The Morgan fingerprint density at radius 1 is 1.05 bits per heavy atom. The van der Waals surface area contributed by atoms with Crippen LogP contribution in [0.25, 0.3) is 11.3 Å². The maximum absolute atomic E-state index is 5.91. The molecule has 104 valence electrons. The number of aromatic nitrogens is 1. The number of nitrogens with two attached hydrogens (primary N) is 1. The van der Waals surface area contributed by atoms with Crippen molar-refractivity contribution in [1.29, 1.82) is 0 Å². The van der Waals surface area contributed by atoms with Crippen LogP contribution in [0.15, 0.2) is 16.7 Å². The van der Waals surface area contributed by atoms with Crippen LogP contribution in [0.4, 0.5) is 5.88 Å². The fraction of sp³-hybridized carbons (Fsp3) is 0.400. The van der Waals surface area contributed by atoms with Crippen molar-refractivity contribution in [3.05, 3.63) is 23.3 Å². The Kier molecular flexibility index (Phi) is 2.58. The molecule has 1 aromatic heterocycles.